The van der Waals surface area contributed by atoms with Gasteiger partial charge in [-0.25, -0.2) is 0 Å². The molecule has 1 N–H and O–H groups in total. The molecule has 0 unspecified atom stereocenters. The van der Waals surface area contributed by atoms with Gasteiger partial charge < -0.3 is 10.1 Å². The molecular weight excluding hydrogens is 334 g/mol. The van der Waals surface area contributed by atoms with Crippen LogP contribution in [0.5, 0.6) is 11.5 Å². The molecule has 3 aromatic rings. The average molecular weight is 351 g/mol. The molecule has 25 heavy (non-hydrogen) atoms. The van der Waals surface area contributed by atoms with Crippen molar-refractivity contribution in [3.63, 3.8) is 0 Å². The topological polar surface area (TPSA) is 55.4 Å². The molecule has 4 nitrogen and oxygen atoms in total. The monoisotopic (exact) mass is 351 g/mol. The zero-order valence-electron chi connectivity index (χ0n) is 13.6. The maximum Gasteiger partial charge on any atom is 0.252 e. The van der Waals surface area contributed by atoms with Crippen molar-refractivity contribution in [2.24, 2.45) is 0 Å². The van der Waals surface area contributed by atoms with Gasteiger partial charge in [-0.05, 0) is 65.7 Å². The van der Waals surface area contributed by atoms with Crippen LogP contribution in [0.15, 0.2) is 71.4 Å². The van der Waals surface area contributed by atoms with Gasteiger partial charge in [0.15, 0.2) is 5.78 Å². The van der Waals surface area contributed by atoms with Crippen molar-refractivity contribution in [2.45, 2.75) is 13.0 Å². The summed E-state index contributed by atoms with van der Waals surface area (Å²) in [5.74, 6) is 0.978. The zero-order chi connectivity index (χ0) is 17.6. The number of rotatable bonds is 6. The maximum absolute atomic E-state index is 12.4. The van der Waals surface area contributed by atoms with Gasteiger partial charge in [0.1, 0.15) is 17.5 Å². The van der Waals surface area contributed by atoms with Crippen molar-refractivity contribution in [1.82, 2.24) is 5.32 Å². The van der Waals surface area contributed by atoms with Gasteiger partial charge in [-0.1, -0.05) is 18.2 Å². The molecule has 1 aromatic heterocycles. The van der Waals surface area contributed by atoms with Crippen LogP contribution in [0.1, 0.15) is 28.9 Å². The van der Waals surface area contributed by atoms with Crippen LogP contribution in [-0.4, -0.2) is 11.7 Å². The van der Waals surface area contributed by atoms with Gasteiger partial charge in [0.2, 0.25) is 0 Å². The number of para-hydroxylation sites is 1. The Morgan fingerprint density at radius 3 is 2.24 bits per heavy atom. The molecular formula is C20H17NO3S. The summed E-state index contributed by atoms with van der Waals surface area (Å²) >= 11 is 1.49. The Bertz CT molecular complexity index is 842. The van der Waals surface area contributed by atoms with E-state index in [2.05, 4.69) is 5.32 Å². The Morgan fingerprint density at radius 1 is 0.960 bits per heavy atom. The molecule has 1 amide bonds. The number of hydrogen-bond acceptors (Lipinski definition) is 4. The summed E-state index contributed by atoms with van der Waals surface area (Å²) < 4.78 is 5.71. The molecule has 0 spiro atoms. The van der Waals surface area contributed by atoms with E-state index in [9.17, 15) is 9.59 Å². The molecule has 0 aliphatic carbocycles. The summed E-state index contributed by atoms with van der Waals surface area (Å²) in [6, 6.07) is 17.5. The van der Waals surface area contributed by atoms with Gasteiger partial charge in [0, 0.05) is 5.56 Å². The molecule has 0 fully saturated rings. The lowest BCUT2D eigenvalue weighted by atomic mass is 10.1. The van der Waals surface area contributed by atoms with E-state index in [1.165, 1.54) is 18.3 Å². The molecule has 1 atom stereocenters. The number of nitrogens with one attached hydrogen (secondary N) is 1. The fourth-order valence-corrected chi connectivity index (χ4v) is 3.06. The third-order valence-electron chi connectivity index (χ3n) is 3.65. The number of Topliss-reactive ketones (excluding diaryl/α,β-unsaturated/α-hetero) is 1. The minimum atomic E-state index is -0.626. The molecule has 0 bridgehead atoms. The smallest absolute Gasteiger partial charge is 0.252 e. The molecule has 2 aromatic carbocycles. The SMILES string of the molecule is CC(=O)[C@@H](NC(=O)c1ccc(Oc2ccccc2)cc1)c1ccsc1. The molecule has 126 valence electrons. The van der Waals surface area contributed by atoms with Crippen molar-refractivity contribution in [2.75, 3.05) is 0 Å². The largest absolute Gasteiger partial charge is 0.457 e. The molecule has 0 aliphatic rings. The molecule has 3 rings (SSSR count). The number of ether oxygens (including phenoxy) is 1. The van der Waals surface area contributed by atoms with E-state index in [4.69, 9.17) is 4.74 Å². The van der Waals surface area contributed by atoms with E-state index in [0.717, 1.165) is 11.3 Å². The number of carbonyl (C=O) groups excluding carboxylic acids is 2. The molecule has 0 saturated heterocycles. The highest BCUT2D eigenvalue weighted by molar-refractivity contribution is 7.08. The highest BCUT2D eigenvalue weighted by Gasteiger charge is 2.20. The normalized spacial score (nSPS) is 11.6. The Balaban J connectivity index is 1.69. The van der Waals surface area contributed by atoms with Crippen LogP contribution in [0, 0.1) is 0 Å². The second-order valence-electron chi connectivity index (χ2n) is 5.51. The minimum absolute atomic E-state index is 0.101. The van der Waals surface area contributed by atoms with Gasteiger partial charge in [0.25, 0.3) is 5.91 Å². The Labute approximate surface area is 150 Å². The van der Waals surface area contributed by atoms with Gasteiger partial charge in [-0.3, -0.25) is 9.59 Å². The third kappa shape index (κ3) is 4.33. The van der Waals surface area contributed by atoms with E-state index in [-0.39, 0.29) is 11.7 Å². The number of thiophene rings is 1. The Morgan fingerprint density at radius 2 is 1.64 bits per heavy atom. The van der Waals surface area contributed by atoms with Crippen molar-refractivity contribution in [1.29, 1.82) is 0 Å². The first-order valence-electron chi connectivity index (χ1n) is 7.80. The highest BCUT2D eigenvalue weighted by Crippen LogP contribution is 2.22. The van der Waals surface area contributed by atoms with Crippen LogP contribution in [-0.2, 0) is 4.79 Å². The fraction of sp³-hybridized carbons (Fsp3) is 0.100. The number of hydrogen-bond donors (Lipinski definition) is 1. The lowest BCUT2D eigenvalue weighted by Gasteiger charge is -2.15. The lowest BCUT2D eigenvalue weighted by Crippen LogP contribution is -2.32. The standard InChI is InChI=1S/C20H17NO3S/c1-14(22)19(16-11-12-25-13-16)21-20(23)15-7-9-18(10-8-15)24-17-5-3-2-4-6-17/h2-13,19H,1H3,(H,21,23)/t19-/m1/s1. The molecule has 5 heteroatoms. The van der Waals surface area contributed by atoms with Crippen molar-refractivity contribution in [3.8, 4) is 11.5 Å². The predicted octanol–water partition coefficient (Wildman–Crippen LogP) is 4.60. The maximum atomic E-state index is 12.4. The zero-order valence-corrected chi connectivity index (χ0v) is 14.5. The summed E-state index contributed by atoms with van der Waals surface area (Å²) in [7, 11) is 0. The van der Waals surface area contributed by atoms with E-state index >= 15 is 0 Å². The van der Waals surface area contributed by atoms with Gasteiger partial charge >= 0.3 is 0 Å². The first-order valence-corrected chi connectivity index (χ1v) is 8.74. The number of carbonyl (C=O) groups is 2. The van der Waals surface area contributed by atoms with Crippen LogP contribution in [0.3, 0.4) is 0 Å². The first-order chi connectivity index (χ1) is 12.1. The van der Waals surface area contributed by atoms with E-state index in [0.29, 0.717) is 11.3 Å². The summed E-state index contributed by atoms with van der Waals surface area (Å²) in [4.78, 5) is 24.3. The lowest BCUT2D eigenvalue weighted by molar-refractivity contribution is -0.118. The predicted molar refractivity (Wildman–Crippen MR) is 98.2 cm³/mol. The number of amides is 1. The Kier molecular flexibility index (Phi) is 5.26. The van der Waals surface area contributed by atoms with Gasteiger partial charge in [0.05, 0.1) is 0 Å². The number of benzene rings is 2. The second kappa shape index (κ2) is 7.77. The molecule has 0 saturated carbocycles. The summed E-state index contributed by atoms with van der Waals surface area (Å²) in [6.07, 6.45) is 0. The molecule has 0 radical (unpaired) electrons. The van der Waals surface area contributed by atoms with Crippen LogP contribution < -0.4 is 10.1 Å². The van der Waals surface area contributed by atoms with Crippen LogP contribution in [0.4, 0.5) is 0 Å². The van der Waals surface area contributed by atoms with E-state index < -0.39 is 6.04 Å². The van der Waals surface area contributed by atoms with Crippen molar-refractivity contribution < 1.29 is 14.3 Å². The summed E-state index contributed by atoms with van der Waals surface area (Å²) in [6.45, 7) is 1.47. The highest BCUT2D eigenvalue weighted by atomic mass is 32.1. The Hall–Kier alpha value is -2.92. The minimum Gasteiger partial charge on any atom is -0.457 e. The van der Waals surface area contributed by atoms with E-state index in [1.807, 2.05) is 47.2 Å². The van der Waals surface area contributed by atoms with E-state index in [1.54, 1.807) is 24.3 Å². The molecule has 0 aliphatic heterocycles. The van der Waals surface area contributed by atoms with Crippen LogP contribution in [0.2, 0.25) is 0 Å². The number of ketones is 1. The molecule has 1 heterocycles. The third-order valence-corrected chi connectivity index (χ3v) is 4.36. The first kappa shape index (κ1) is 16.9. The fourth-order valence-electron chi connectivity index (χ4n) is 2.37. The quantitative estimate of drug-likeness (QED) is 0.706. The summed E-state index contributed by atoms with van der Waals surface area (Å²) in [5.41, 5.74) is 1.27. The van der Waals surface area contributed by atoms with Gasteiger partial charge in [-0.15, -0.1) is 0 Å². The van der Waals surface area contributed by atoms with Gasteiger partial charge in [-0.2, -0.15) is 11.3 Å². The van der Waals surface area contributed by atoms with Crippen LogP contribution >= 0.6 is 11.3 Å². The summed E-state index contributed by atoms with van der Waals surface area (Å²) in [5, 5.41) is 6.53. The second-order valence-corrected chi connectivity index (χ2v) is 6.29. The van der Waals surface area contributed by atoms with Crippen LogP contribution in [0.25, 0.3) is 0 Å². The van der Waals surface area contributed by atoms with Crippen molar-refractivity contribution in [3.05, 3.63) is 82.6 Å². The average Bonchev–Trinajstić information content (AvgIpc) is 3.15. The van der Waals surface area contributed by atoms with Crippen molar-refractivity contribution >= 4 is 23.0 Å².